The van der Waals surface area contributed by atoms with Crippen molar-refractivity contribution in [1.82, 2.24) is 9.62 Å². The average molecular weight is 328 g/mol. The Morgan fingerprint density at radius 3 is 2.50 bits per heavy atom. The van der Waals surface area contributed by atoms with E-state index in [9.17, 15) is 18.0 Å². The molecule has 0 spiro atoms. The van der Waals surface area contributed by atoms with Crippen molar-refractivity contribution in [2.24, 2.45) is 0 Å². The lowest BCUT2D eigenvalue weighted by atomic mass is 10.2. The summed E-state index contributed by atoms with van der Waals surface area (Å²) in [7, 11) is -1.16. The summed E-state index contributed by atoms with van der Waals surface area (Å²) < 4.78 is 34.9. The van der Waals surface area contributed by atoms with E-state index in [-0.39, 0.29) is 17.0 Å². The van der Waals surface area contributed by atoms with Gasteiger partial charge in [-0.25, -0.2) is 12.7 Å². The van der Waals surface area contributed by atoms with Crippen LogP contribution in [0.2, 0.25) is 0 Å². The second kappa shape index (κ2) is 6.42. The minimum absolute atomic E-state index is 0.0425. The lowest BCUT2D eigenvalue weighted by Crippen LogP contribution is -2.43. The molecule has 0 aliphatic carbocycles. The fraction of sp³-hybridized carbons (Fsp3) is 0.385. The third kappa shape index (κ3) is 2.96. The second-order valence-corrected chi connectivity index (χ2v) is 6.35. The van der Waals surface area contributed by atoms with Crippen LogP contribution < -0.4 is 5.32 Å². The van der Waals surface area contributed by atoms with E-state index in [0.717, 1.165) is 0 Å². The van der Waals surface area contributed by atoms with E-state index in [1.54, 1.807) is 6.07 Å². The zero-order chi connectivity index (χ0) is 16.3. The number of carbonyl (C=O) groups excluding carboxylic acids is 2. The number of carbonyl (C=O) groups is 2. The van der Waals surface area contributed by atoms with Crippen molar-refractivity contribution in [3.05, 3.63) is 29.8 Å². The molecule has 8 nitrogen and oxygen atoms in total. The molecule has 1 N–H and O–H groups in total. The van der Waals surface area contributed by atoms with Gasteiger partial charge in [-0.05, 0) is 12.1 Å². The van der Waals surface area contributed by atoms with Crippen LogP contribution in [0, 0.1) is 0 Å². The zero-order valence-electron chi connectivity index (χ0n) is 12.1. The molecule has 1 aromatic carbocycles. The zero-order valence-corrected chi connectivity index (χ0v) is 12.9. The van der Waals surface area contributed by atoms with Gasteiger partial charge in [0.1, 0.15) is 11.4 Å². The van der Waals surface area contributed by atoms with Gasteiger partial charge in [0.2, 0.25) is 5.91 Å². The molecule has 9 heteroatoms. The number of rotatable bonds is 6. The van der Waals surface area contributed by atoms with Gasteiger partial charge in [-0.15, -0.1) is 0 Å². The minimum Gasteiger partial charge on any atom is -0.354 e. The first-order valence-corrected chi connectivity index (χ1v) is 7.84. The molecule has 22 heavy (non-hydrogen) atoms. The molecule has 0 radical (unpaired) electrons. The van der Waals surface area contributed by atoms with Gasteiger partial charge in [-0.2, -0.15) is 0 Å². The first-order chi connectivity index (χ1) is 10.4. The summed E-state index contributed by atoms with van der Waals surface area (Å²) in [5, 5.41) is 2.45. The maximum atomic E-state index is 12.3. The number of ether oxygens (including phenoxy) is 2. The van der Waals surface area contributed by atoms with Crippen molar-refractivity contribution in [1.29, 1.82) is 0 Å². The normalized spacial score (nSPS) is 16.0. The molecular formula is C13H16N2O6S. The lowest BCUT2D eigenvalue weighted by Gasteiger charge is -2.17. The monoisotopic (exact) mass is 328 g/mol. The lowest BCUT2D eigenvalue weighted by molar-refractivity contribution is -0.127. The van der Waals surface area contributed by atoms with Crippen molar-refractivity contribution in [3.63, 3.8) is 0 Å². The number of hydrogen-bond acceptors (Lipinski definition) is 6. The molecule has 0 fully saturated rings. The fourth-order valence-corrected chi connectivity index (χ4v) is 3.56. The maximum Gasteiger partial charge on any atom is 0.269 e. The number of amides is 2. The highest BCUT2D eigenvalue weighted by Gasteiger charge is 2.41. The first-order valence-electron chi connectivity index (χ1n) is 6.40. The van der Waals surface area contributed by atoms with Crippen molar-refractivity contribution >= 4 is 21.8 Å². The van der Waals surface area contributed by atoms with Crippen LogP contribution in [0.5, 0.6) is 0 Å². The Hall–Kier alpha value is -1.97. The fourth-order valence-electron chi connectivity index (χ4n) is 2.03. The highest BCUT2D eigenvalue weighted by Crippen LogP contribution is 2.29. The number of methoxy groups -OCH3 is 2. The first kappa shape index (κ1) is 16.4. The number of benzene rings is 1. The number of fused-ring (bicyclic) bond motifs is 1. The van der Waals surface area contributed by atoms with E-state index in [0.29, 0.717) is 4.31 Å². The van der Waals surface area contributed by atoms with Gasteiger partial charge >= 0.3 is 0 Å². The molecule has 0 unspecified atom stereocenters. The van der Waals surface area contributed by atoms with Crippen LogP contribution >= 0.6 is 0 Å². The minimum atomic E-state index is -3.98. The molecule has 0 bridgehead atoms. The number of nitrogens with one attached hydrogen (secondary N) is 1. The Bertz CT molecular complexity index is 684. The Morgan fingerprint density at radius 2 is 1.91 bits per heavy atom. The summed E-state index contributed by atoms with van der Waals surface area (Å²) in [5.41, 5.74) is 0.0713. The third-order valence-corrected chi connectivity index (χ3v) is 4.98. The topological polar surface area (TPSA) is 102 Å². The summed E-state index contributed by atoms with van der Waals surface area (Å²) in [4.78, 5) is 23.9. The molecule has 0 saturated heterocycles. The second-order valence-electron chi connectivity index (χ2n) is 4.52. The molecular weight excluding hydrogens is 312 g/mol. The van der Waals surface area contributed by atoms with Crippen LogP contribution in [-0.2, 0) is 24.3 Å². The standard InChI is InChI=1S/C13H16N2O6S/c1-20-12(21-2)7-14-11(16)8-15-13(17)9-5-3-4-6-10(9)22(15,18)19/h3-6,12H,7-8H2,1-2H3,(H,14,16). The molecule has 2 rings (SSSR count). The molecule has 1 heterocycles. The third-order valence-electron chi connectivity index (χ3n) is 3.19. The molecule has 0 aromatic heterocycles. The number of sulfonamides is 1. The predicted molar refractivity (Wildman–Crippen MR) is 75.5 cm³/mol. The molecule has 1 aliphatic heterocycles. The maximum absolute atomic E-state index is 12.3. The van der Waals surface area contributed by atoms with Crippen LogP contribution in [0.25, 0.3) is 0 Å². The van der Waals surface area contributed by atoms with Crippen LogP contribution in [0.4, 0.5) is 0 Å². The highest BCUT2D eigenvalue weighted by molar-refractivity contribution is 7.90. The number of nitrogens with zero attached hydrogens (tertiary/aromatic N) is 1. The van der Waals surface area contributed by atoms with Crippen LogP contribution in [0.15, 0.2) is 29.2 Å². The molecule has 1 aliphatic rings. The summed E-state index contributed by atoms with van der Waals surface area (Å²) in [6.45, 7) is -0.545. The summed E-state index contributed by atoms with van der Waals surface area (Å²) in [6.07, 6.45) is -0.646. The van der Waals surface area contributed by atoms with E-state index in [4.69, 9.17) is 9.47 Å². The van der Waals surface area contributed by atoms with E-state index in [1.807, 2.05) is 0 Å². The Kier molecular flexibility index (Phi) is 4.79. The van der Waals surface area contributed by atoms with Gasteiger partial charge in [0.25, 0.3) is 15.9 Å². The van der Waals surface area contributed by atoms with Crippen molar-refractivity contribution < 1.29 is 27.5 Å². The molecule has 120 valence electrons. The van der Waals surface area contributed by atoms with Crippen LogP contribution in [0.1, 0.15) is 10.4 Å². The van der Waals surface area contributed by atoms with E-state index >= 15 is 0 Å². The van der Waals surface area contributed by atoms with Crippen molar-refractivity contribution in [2.75, 3.05) is 27.3 Å². The average Bonchev–Trinajstić information content (AvgIpc) is 2.70. The Balaban J connectivity index is 2.08. The van der Waals surface area contributed by atoms with Crippen molar-refractivity contribution in [2.45, 2.75) is 11.2 Å². The largest absolute Gasteiger partial charge is 0.354 e. The molecule has 2 amide bonds. The van der Waals surface area contributed by atoms with E-state index in [1.165, 1.54) is 32.4 Å². The van der Waals surface area contributed by atoms with Gasteiger partial charge in [0, 0.05) is 14.2 Å². The summed E-state index contributed by atoms with van der Waals surface area (Å²) in [5.74, 6) is -1.33. The Morgan fingerprint density at radius 1 is 1.27 bits per heavy atom. The Labute approximate surface area is 128 Å². The summed E-state index contributed by atoms with van der Waals surface area (Å²) in [6, 6.07) is 5.85. The van der Waals surface area contributed by atoms with Gasteiger partial charge < -0.3 is 14.8 Å². The van der Waals surface area contributed by atoms with Gasteiger partial charge in [-0.3, -0.25) is 9.59 Å². The quantitative estimate of drug-likeness (QED) is 0.711. The molecule has 0 atom stereocenters. The van der Waals surface area contributed by atoms with Gasteiger partial charge in [0.05, 0.1) is 12.1 Å². The van der Waals surface area contributed by atoms with Gasteiger partial charge in [-0.1, -0.05) is 12.1 Å². The predicted octanol–water partition coefficient (Wildman–Crippen LogP) is -0.434. The van der Waals surface area contributed by atoms with Crippen molar-refractivity contribution in [3.8, 4) is 0 Å². The molecule has 0 saturated carbocycles. The van der Waals surface area contributed by atoms with E-state index < -0.39 is 34.7 Å². The number of hydrogen-bond donors (Lipinski definition) is 1. The van der Waals surface area contributed by atoms with E-state index in [2.05, 4.69) is 5.32 Å². The smallest absolute Gasteiger partial charge is 0.269 e. The summed E-state index contributed by atoms with van der Waals surface area (Å²) >= 11 is 0. The van der Waals surface area contributed by atoms with Crippen LogP contribution in [0.3, 0.4) is 0 Å². The highest BCUT2D eigenvalue weighted by atomic mass is 32.2. The SMILES string of the molecule is COC(CNC(=O)CN1C(=O)c2ccccc2S1(=O)=O)OC. The molecule has 1 aromatic rings. The van der Waals surface area contributed by atoms with Crippen LogP contribution in [-0.4, -0.2) is 58.1 Å². The van der Waals surface area contributed by atoms with Gasteiger partial charge in [0.15, 0.2) is 6.29 Å².